The first kappa shape index (κ1) is 14.8. The molecule has 0 heterocycles. The minimum atomic E-state index is -0.453. The third-order valence-corrected chi connectivity index (χ3v) is 2.96. The standard InChI is InChI=1S/C20H18O/c21-20(19-15-9-5-10-16-19)17-11-3-1-2-6-12-18-13-7-4-8-14-18/h1-5,7-11,13-16,20-21H,17H2/b2-1+,11-3+. The summed E-state index contributed by atoms with van der Waals surface area (Å²) in [7, 11) is 0. The molecule has 0 aromatic heterocycles. The lowest BCUT2D eigenvalue weighted by atomic mass is 10.1. The molecule has 1 N–H and O–H groups in total. The van der Waals surface area contributed by atoms with E-state index in [2.05, 4.69) is 11.8 Å². The van der Waals surface area contributed by atoms with E-state index in [1.165, 1.54) is 0 Å². The highest BCUT2D eigenvalue weighted by molar-refractivity contribution is 5.36. The summed E-state index contributed by atoms with van der Waals surface area (Å²) in [5, 5.41) is 9.97. The highest BCUT2D eigenvalue weighted by Gasteiger charge is 2.02. The second-order valence-electron chi connectivity index (χ2n) is 4.58. The predicted octanol–water partition coefficient (Wildman–Crippen LogP) is 4.27. The zero-order valence-corrected chi connectivity index (χ0v) is 11.8. The average Bonchev–Trinajstić information content (AvgIpc) is 2.55. The summed E-state index contributed by atoms with van der Waals surface area (Å²) in [6.07, 6.45) is 7.68. The van der Waals surface area contributed by atoms with Crippen LogP contribution in [0.3, 0.4) is 0 Å². The summed E-state index contributed by atoms with van der Waals surface area (Å²) in [5.41, 5.74) is 1.95. The molecule has 2 aromatic carbocycles. The first-order valence-corrected chi connectivity index (χ1v) is 6.97. The molecule has 1 heteroatoms. The van der Waals surface area contributed by atoms with E-state index in [1.54, 1.807) is 6.08 Å². The van der Waals surface area contributed by atoms with Crippen LogP contribution in [0.15, 0.2) is 85.0 Å². The van der Waals surface area contributed by atoms with Gasteiger partial charge in [-0.25, -0.2) is 0 Å². The monoisotopic (exact) mass is 274 g/mol. The van der Waals surface area contributed by atoms with Crippen LogP contribution >= 0.6 is 0 Å². The number of hydrogen-bond donors (Lipinski definition) is 1. The lowest BCUT2D eigenvalue weighted by molar-refractivity contribution is 0.181. The van der Waals surface area contributed by atoms with Crippen LogP contribution in [0.1, 0.15) is 23.7 Å². The van der Waals surface area contributed by atoms with Crippen LogP contribution in [0, 0.1) is 11.8 Å². The topological polar surface area (TPSA) is 20.2 Å². The van der Waals surface area contributed by atoms with Crippen molar-refractivity contribution in [1.29, 1.82) is 0 Å². The van der Waals surface area contributed by atoms with Crippen molar-refractivity contribution in [2.75, 3.05) is 0 Å². The Hall–Kier alpha value is -2.56. The van der Waals surface area contributed by atoms with Gasteiger partial charge in [-0.2, -0.15) is 0 Å². The molecule has 0 aliphatic heterocycles. The van der Waals surface area contributed by atoms with Gasteiger partial charge in [-0.05, 0) is 30.2 Å². The van der Waals surface area contributed by atoms with Gasteiger partial charge in [-0.15, -0.1) is 0 Å². The van der Waals surface area contributed by atoms with Gasteiger partial charge in [0.1, 0.15) is 0 Å². The SMILES string of the molecule is OC(C/C=C/C=C/C#Cc1ccccc1)c1ccccc1. The van der Waals surface area contributed by atoms with Crippen LogP contribution in [0.4, 0.5) is 0 Å². The van der Waals surface area contributed by atoms with Crippen molar-refractivity contribution in [2.24, 2.45) is 0 Å². The Kier molecular flexibility index (Phi) is 6.06. The van der Waals surface area contributed by atoms with Crippen molar-refractivity contribution in [3.8, 4) is 11.8 Å². The summed E-state index contributed by atoms with van der Waals surface area (Å²) in [6, 6.07) is 19.5. The Morgan fingerprint density at radius 1 is 0.905 bits per heavy atom. The first-order valence-electron chi connectivity index (χ1n) is 6.97. The van der Waals surface area contributed by atoms with E-state index in [-0.39, 0.29) is 0 Å². The van der Waals surface area contributed by atoms with E-state index in [0.717, 1.165) is 11.1 Å². The lowest BCUT2D eigenvalue weighted by Gasteiger charge is -2.06. The fourth-order valence-corrected chi connectivity index (χ4v) is 1.85. The second kappa shape index (κ2) is 8.58. The summed E-state index contributed by atoms with van der Waals surface area (Å²) >= 11 is 0. The number of allylic oxidation sites excluding steroid dienone is 3. The molecule has 0 saturated heterocycles. The van der Waals surface area contributed by atoms with Gasteiger partial charge in [0.2, 0.25) is 0 Å². The average molecular weight is 274 g/mol. The quantitative estimate of drug-likeness (QED) is 0.652. The van der Waals surface area contributed by atoms with Crippen molar-refractivity contribution in [1.82, 2.24) is 0 Å². The fourth-order valence-electron chi connectivity index (χ4n) is 1.85. The molecule has 1 unspecified atom stereocenters. The predicted molar refractivity (Wildman–Crippen MR) is 87.6 cm³/mol. The molecule has 21 heavy (non-hydrogen) atoms. The maximum absolute atomic E-state index is 9.97. The summed E-state index contributed by atoms with van der Waals surface area (Å²) in [5.74, 6) is 6.03. The Labute approximate surface area is 126 Å². The molecule has 0 amide bonds. The highest BCUT2D eigenvalue weighted by Crippen LogP contribution is 2.15. The molecular formula is C20H18O. The van der Waals surface area contributed by atoms with Gasteiger partial charge < -0.3 is 5.11 Å². The minimum absolute atomic E-state index is 0.453. The number of aliphatic hydroxyl groups excluding tert-OH is 1. The van der Waals surface area contributed by atoms with Gasteiger partial charge in [0.15, 0.2) is 0 Å². The molecule has 1 nitrogen and oxygen atoms in total. The molecular weight excluding hydrogens is 256 g/mol. The Morgan fingerprint density at radius 3 is 2.29 bits per heavy atom. The van der Waals surface area contributed by atoms with E-state index in [0.29, 0.717) is 6.42 Å². The number of benzene rings is 2. The fraction of sp³-hybridized carbons (Fsp3) is 0.100. The second-order valence-corrected chi connectivity index (χ2v) is 4.58. The zero-order valence-electron chi connectivity index (χ0n) is 11.8. The maximum atomic E-state index is 9.97. The zero-order chi connectivity index (χ0) is 14.8. The summed E-state index contributed by atoms with van der Waals surface area (Å²) in [4.78, 5) is 0. The van der Waals surface area contributed by atoms with Gasteiger partial charge in [0.25, 0.3) is 0 Å². The molecule has 0 bridgehead atoms. The van der Waals surface area contributed by atoms with Crippen molar-refractivity contribution >= 4 is 0 Å². The van der Waals surface area contributed by atoms with Crippen molar-refractivity contribution in [3.63, 3.8) is 0 Å². The van der Waals surface area contributed by atoms with E-state index < -0.39 is 6.10 Å². The van der Waals surface area contributed by atoms with Gasteiger partial charge in [-0.3, -0.25) is 0 Å². The minimum Gasteiger partial charge on any atom is -0.388 e. The van der Waals surface area contributed by atoms with Crippen molar-refractivity contribution < 1.29 is 5.11 Å². The molecule has 0 aliphatic carbocycles. The first-order chi connectivity index (χ1) is 10.4. The van der Waals surface area contributed by atoms with Crippen molar-refractivity contribution in [2.45, 2.75) is 12.5 Å². The molecule has 0 saturated carbocycles. The van der Waals surface area contributed by atoms with Gasteiger partial charge >= 0.3 is 0 Å². The molecule has 1 atom stereocenters. The smallest absolute Gasteiger partial charge is 0.0824 e. The van der Waals surface area contributed by atoms with Crippen LogP contribution in [0.5, 0.6) is 0 Å². The molecule has 0 fully saturated rings. The Balaban J connectivity index is 1.78. The molecule has 2 rings (SSSR count). The van der Waals surface area contributed by atoms with E-state index in [4.69, 9.17) is 0 Å². The molecule has 104 valence electrons. The molecule has 0 spiro atoms. The molecule has 0 aliphatic rings. The third kappa shape index (κ3) is 5.52. The van der Waals surface area contributed by atoms with Crippen LogP contribution in [0.25, 0.3) is 0 Å². The van der Waals surface area contributed by atoms with Gasteiger partial charge in [0.05, 0.1) is 6.10 Å². The molecule has 2 aromatic rings. The largest absolute Gasteiger partial charge is 0.388 e. The van der Waals surface area contributed by atoms with Crippen molar-refractivity contribution in [3.05, 3.63) is 96.1 Å². The van der Waals surface area contributed by atoms with E-state index >= 15 is 0 Å². The van der Waals surface area contributed by atoms with E-state index in [1.807, 2.05) is 78.9 Å². The summed E-state index contributed by atoms with van der Waals surface area (Å²) < 4.78 is 0. The van der Waals surface area contributed by atoms with E-state index in [9.17, 15) is 5.11 Å². The van der Waals surface area contributed by atoms with Crippen LogP contribution in [-0.2, 0) is 0 Å². The van der Waals surface area contributed by atoms with Crippen LogP contribution in [0.2, 0.25) is 0 Å². The third-order valence-electron chi connectivity index (χ3n) is 2.96. The normalized spacial score (nSPS) is 12.2. The van der Waals surface area contributed by atoms with Crippen LogP contribution in [-0.4, -0.2) is 5.11 Å². The highest BCUT2D eigenvalue weighted by atomic mass is 16.3. The summed E-state index contributed by atoms with van der Waals surface area (Å²) in [6.45, 7) is 0. The number of hydrogen-bond acceptors (Lipinski definition) is 1. The number of aliphatic hydroxyl groups is 1. The maximum Gasteiger partial charge on any atom is 0.0824 e. The Morgan fingerprint density at radius 2 is 1.57 bits per heavy atom. The number of rotatable bonds is 4. The Bertz CT molecular complexity index is 642. The molecule has 0 radical (unpaired) electrons. The van der Waals surface area contributed by atoms with Crippen LogP contribution < -0.4 is 0 Å². The van der Waals surface area contributed by atoms with Gasteiger partial charge in [-0.1, -0.05) is 78.6 Å². The lowest BCUT2D eigenvalue weighted by Crippen LogP contribution is -1.94. The van der Waals surface area contributed by atoms with Gasteiger partial charge in [0, 0.05) is 5.56 Å².